The summed E-state index contributed by atoms with van der Waals surface area (Å²) in [4.78, 5) is 24.1. The van der Waals surface area contributed by atoms with Crippen LogP contribution in [0.25, 0.3) is 0 Å². The number of halogens is 1. The molecule has 1 aliphatic rings. The summed E-state index contributed by atoms with van der Waals surface area (Å²) in [5, 5.41) is 5.50. The molecule has 124 valence electrons. The molecule has 2 aromatic carbocycles. The number of ether oxygens (including phenoxy) is 1. The van der Waals surface area contributed by atoms with Crippen molar-refractivity contribution in [3.8, 4) is 5.75 Å². The Bertz CT molecular complexity index is 788. The number of hydrogen-bond donors (Lipinski definition) is 2. The summed E-state index contributed by atoms with van der Waals surface area (Å²) in [5.74, 6) is -0.638. The molecule has 2 amide bonds. The summed E-state index contributed by atoms with van der Waals surface area (Å²) in [5.41, 5.74) is 1.21. The van der Waals surface area contributed by atoms with Crippen LogP contribution in [0.1, 0.15) is 23.2 Å². The predicted molar refractivity (Wildman–Crippen MR) is 88.7 cm³/mol. The average molecular weight is 328 g/mol. The van der Waals surface area contributed by atoms with Crippen molar-refractivity contribution in [2.24, 2.45) is 5.92 Å². The maximum Gasteiger partial charge on any atom is 0.259 e. The summed E-state index contributed by atoms with van der Waals surface area (Å²) < 4.78 is 18.5. The summed E-state index contributed by atoms with van der Waals surface area (Å²) in [6.45, 7) is 0. The van der Waals surface area contributed by atoms with E-state index in [0.29, 0.717) is 11.4 Å². The quantitative estimate of drug-likeness (QED) is 0.883. The van der Waals surface area contributed by atoms with E-state index in [2.05, 4.69) is 10.6 Å². The predicted octanol–water partition coefficient (Wildman–Crippen LogP) is 3.44. The van der Waals surface area contributed by atoms with Gasteiger partial charge < -0.3 is 15.4 Å². The first kappa shape index (κ1) is 16.0. The van der Waals surface area contributed by atoms with Gasteiger partial charge in [-0.25, -0.2) is 4.39 Å². The van der Waals surface area contributed by atoms with Crippen LogP contribution in [0.2, 0.25) is 0 Å². The lowest BCUT2D eigenvalue weighted by Crippen LogP contribution is -2.15. The number of methoxy groups -OCH3 is 1. The molecule has 3 rings (SSSR count). The average Bonchev–Trinajstić information content (AvgIpc) is 3.40. The van der Waals surface area contributed by atoms with Crippen LogP contribution in [0.15, 0.2) is 42.5 Å². The van der Waals surface area contributed by atoms with E-state index in [9.17, 15) is 14.0 Å². The summed E-state index contributed by atoms with van der Waals surface area (Å²) >= 11 is 0. The molecule has 0 aromatic heterocycles. The third kappa shape index (κ3) is 3.71. The highest BCUT2D eigenvalue weighted by Gasteiger charge is 2.29. The third-order valence-corrected chi connectivity index (χ3v) is 3.74. The van der Waals surface area contributed by atoms with Crippen LogP contribution in [0.3, 0.4) is 0 Å². The van der Waals surface area contributed by atoms with Crippen LogP contribution in [0.4, 0.5) is 15.8 Å². The highest BCUT2D eigenvalue weighted by atomic mass is 19.1. The van der Waals surface area contributed by atoms with Gasteiger partial charge in [0.25, 0.3) is 5.91 Å². The molecule has 0 aliphatic heterocycles. The van der Waals surface area contributed by atoms with Gasteiger partial charge in [0.05, 0.1) is 12.7 Å². The summed E-state index contributed by atoms with van der Waals surface area (Å²) in [6.07, 6.45) is 1.84. The number of rotatable bonds is 5. The van der Waals surface area contributed by atoms with E-state index in [1.807, 2.05) is 0 Å². The summed E-state index contributed by atoms with van der Waals surface area (Å²) in [7, 11) is 1.41. The molecule has 0 unspecified atom stereocenters. The van der Waals surface area contributed by atoms with Crippen molar-refractivity contribution >= 4 is 23.2 Å². The van der Waals surface area contributed by atoms with Crippen molar-refractivity contribution in [2.75, 3.05) is 17.7 Å². The zero-order chi connectivity index (χ0) is 17.1. The van der Waals surface area contributed by atoms with E-state index in [0.717, 1.165) is 18.9 Å². The van der Waals surface area contributed by atoms with Crippen LogP contribution in [-0.4, -0.2) is 18.9 Å². The van der Waals surface area contributed by atoms with E-state index in [1.54, 1.807) is 24.3 Å². The smallest absolute Gasteiger partial charge is 0.259 e. The van der Waals surface area contributed by atoms with E-state index in [1.165, 1.54) is 19.2 Å². The number of amides is 2. The molecular weight excluding hydrogens is 311 g/mol. The molecule has 0 saturated heterocycles. The molecule has 0 spiro atoms. The monoisotopic (exact) mass is 328 g/mol. The number of anilines is 2. The maximum absolute atomic E-state index is 13.4. The van der Waals surface area contributed by atoms with Crippen LogP contribution < -0.4 is 15.4 Å². The molecule has 0 atom stereocenters. The van der Waals surface area contributed by atoms with Crippen molar-refractivity contribution < 1.29 is 18.7 Å². The Labute approximate surface area is 138 Å². The molecule has 24 heavy (non-hydrogen) atoms. The second-order valence-electron chi connectivity index (χ2n) is 5.64. The van der Waals surface area contributed by atoms with Gasteiger partial charge in [0.1, 0.15) is 11.6 Å². The van der Waals surface area contributed by atoms with Crippen LogP contribution >= 0.6 is 0 Å². The highest BCUT2D eigenvalue weighted by molar-refractivity contribution is 6.06. The fourth-order valence-electron chi connectivity index (χ4n) is 2.32. The Kier molecular flexibility index (Phi) is 4.46. The second kappa shape index (κ2) is 6.70. The van der Waals surface area contributed by atoms with Gasteiger partial charge in [0.15, 0.2) is 0 Å². The molecule has 1 saturated carbocycles. The Hall–Kier alpha value is -2.89. The SMILES string of the molecule is COc1ccc(F)cc1C(=O)Nc1cccc(NC(=O)C2CC2)c1. The normalized spacial score (nSPS) is 13.2. The topological polar surface area (TPSA) is 67.4 Å². The third-order valence-electron chi connectivity index (χ3n) is 3.74. The number of carbonyl (C=O) groups excluding carboxylic acids is 2. The van der Waals surface area contributed by atoms with Gasteiger partial charge in [0.2, 0.25) is 5.91 Å². The van der Waals surface area contributed by atoms with Gasteiger partial charge in [-0.05, 0) is 49.2 Å². The first-order valence-electron chi connectivity index (χ1n) is 7.62. The fraction of sp³-hybridized carbons (Fsp3) is 0.222. The molecular formula is C18H17FN2O3. The molecule has 1 fully saturated rings. The van der Waals surface area contributed by atoms with E-state index in [-0.39, 0.29) is 23.1 Å². The highest BCUT2D eigenvalue weighted by Crippen LogP contribution is 2.30. The van der Waals surface area contributed by atoms with Gasteiger partial charge in [0, 0.05) is 17.3 Å². The van der Waals surface area contributed by atoms with Crippen LogP contribution in [-0.2, 0) is 4.79 Å². The number of hydrogen-bond acceptors (Lipinski definition) is 3. The molecule has 5 nitrogen and oxygen atoms in total. The van der Waals surface area contributed by atoms with Crippen molar-refractivity contribution in [2.45, 2.75) is 12.8 Å². The molecule has 0 bridgehead atoms. The number of carbonyl (C=O) groups is 2. The fourth-order valence-corrected chi connectivity index (χ4v) is 2.32. The zero-order valence-electron chi connectivity index (χ0n) is 13.1. The Balaban J connectivity index is 1.74. The van der Waals surface area contributed by atoms with E-state index in [4.69, 9.17) is 4.74 Å². The van der Waals surface area contributed by atoms with E-state index >= 15 is 0 Å². The van der Waals surface area contributed by atoms with Crippen molar-refractivity contribution in [3.63, 3.8) is 0 Å². The van der Waals surface area contributed by atoms with E-state index < -0.39 is 11.7 Å². The zero-order valence-corrected chi connectivity index (χ0v) is 13.1. The lowest BCUT2D eigenvalue weighted by Gasteiger charge is -2.11. The standard InChI is InChI=1S/C18H17FN2O3/c1-24-16-8-7-12(19)9-15(16)18(23)21-14-4-2-3-13(10-14)20-17(22)11-5-6-11/h2-4,7-11H,5-6H2,1H3,(H,20,22)(H,21,23). The minimum absolute atomic E-state index is 0.00900. The minimum atomic E-state index is -0.522. The first-order valence-corrected chi connectivity index (χ1v) is 7.62. The van der Waals surface area contributed by atoms with Gasteiger partial charge in [-0.15, -0.1) is 0 Å². The van der Waals surface area contributed by atoms with Gasteiger partial charge >= 0.3 is 0 Å². The van der Waals surface area contributed by atoms with Crippen LogP contribution in [0.5, 0.6) is 5.75 Å². The molecule has 0 heterocycles. The Morgan fingerprint density at radius 2 is 1.79 bits per heavy atom. The number of benzene rings is 2. The number of nitrogens with one attached hydrogen (secondary N) is 2. The lowest BCUT2D eigenvalue weighted by atomic mass is 10.1. The van der Waals surface area contributed by atoms with Crippen LogP contribution in [0, 0.1) is 11.7 Å². The molecule has 0 radical (unpaired) electrons. The molecule has 2 aromatic rings. The van der Waals surface area contributed by atoms with Crippen molar-refractivity contribution in [1.29, 1.82) is 0 Å². The molecule has 6 heteroatoms. The Morgan fingerprint density at radius 1 is 1.08 bits per heavy atom. The Morgan fingerprint density at radius 3 is 2.46 bits per heavy atom. The second-order valence-corrected chi connectivity index (χ2v) is 5.64. The van der Waals surface area contributed by atoms with Crippen molar-refractivity contribution in [1.82, 2.24) is 0 Å². The molecule has 1 aliphatic carbocycles. The first-order chi connectivity index (χ1) is 11.6. The van der Waals surface area contributed by atoms with Gasteiger partial charge in [-0.3, -0.25) is 9.59 Å². The van der Waals surface area contributed by atoms with Crippen molar-refractivity contribution in [3.05, 3.63) is 53.8 Å². The summed E-state index contributed by atoms with van der Waals surface area (Å²) in [6, 6.07) is 10.6. The van der Waals surface area contributed by atoms with Gasteiger partial charge in [-0.1, -0.05) is 6.07 Å². The minimum Gasteiger partial charge on any atom is -0.496 e. The maximum atomic E-state index is 13.4. The largest absolute Gasteiger partial charge is 0.496 e. The van der Waals surface area contributed by atoms with Gasteiger partial charge in [-0.2, -0.15) is 0 Å². The molecule has 2 N–H and O–H groups in total. The lowest BCUT2D eigenvalue weighted by molar-refractivity contribution is -0.117.